The molecule has 2 aromatic rings. The number of ketones is 1. The fourth-order valence-corrected chi connectivity index (χ4v) is 3.09. The minimum Gasteiger partial charge on any atom is -0.356 e. The molecule has 0 unspecified atom stereocenters. The first-order chi connectivity index (χ1) is 10.6. The van der Waals surface area contributed by atoms with Gasteiger partial charge in [0.25, 0.3) is 0 Å². The Hall–Kier alpha value is -1.94. The second-order valence-electron chi connectivity index (χ2n) is 5.36. The minimum absolute atomic E-state index is 0.0483. The van der Waals surface area contributed by atoms with Crippen LogP contribution in [-0.4, -0.2) is 18.2 Å². The van der Waals surface area contributed by atoms with E-state index in [-0.39, 0.29) is 24.5 Å². The summed E-state index contributed by atoms with van der Waals surface area (Å²) < 4.78 is 0. The summed E-state index contributed by atoms with van der Waals surface area (Å²) in [5.74, 6) is -0.0117. The monoisotopic (exact) mass is 315 g/mol. The van der Waals surface area contributed by atoms with E-state index in [4.69, 9.17) is 0 Å². The highest BCUT2D eigenvalue weighted by molar-refractivity contribution is 7.14. The lowest BCUT2D eigenvalue weighted by molar-refractivity contribution is -0.121. The Morgan fingerprint density at radius 1 is 1.05 bits per heavy atom. The number of carbonyl (C=O) groups is 2. The highest BCUT2D eigenvalue weighted by atomic mass is 32.1. The van der Waals surface area contributed by atoms with Crippen LogP contribution in [0.25, 0.3) is 0 Å². The van der Waals surface area contributed by atoms with Gasteiger partial charge in [0.1, 0.15) is 0 Å². The lowest BCUT2D eigenvalue weighted by Gasteiger charge is -2.07. The van der Waals surface area contributed by atoms with E-state index in [9.17, 15) is 9.59 Å². The SMILES string of the molecule is Cc1ccc(C(=O)CCC(=O)NCCc2ccccc2C)s1. The molecule has 4 heteroatoms. The molecule has 0 atom stereocenters. The normalized spacial score (nSPS) is 10.5. The van der Waals surface area contributed by atoms with Crippen molar-refractivity contribution in [1.82, 2.24) is 5.32 Å². The van der Waals surface area contributed by atoms with Crippen LogP contribution in [0.5, 0.6) is 0 Å². The molecular weight excluding hydrogens is 294 g/mol. The number of benzene rings is 1. The second-order valence-corrected chi connectivity index (χ2v) is 6.65. The molecule has 3 nitrogen and oxygen atoms in total. The highest BCUT2D eigenvalue weighted by Gasteiger charge is 2.10. The average molecular weight is 315 g/mol. The zero-order chi connectivity index (χ0) is 15.9. The molecule has 0 aliphatic heterocycles. The Bertz CT molecular complexity index is 661. The number of carbonyl (C=O) groups excluding carboxylic acids is 2. The van der Waals surface area contributed by atoms with Gasteiger partial charge in [0, 0.05) is 24.3 Å². The molecule has 22 heavy (non-hydrogen) atoms. The van der Waals surface area contributed by atoms with Crippen molar-refractivity contribution in [3.05, 3.63) is 57.3 Å². The molecular formula is C18H21NO2S. The maximum atomic E-state index is 11.9. The van der Waals surface area contributed by atoms with Crippen molar-refractivity contribution in [3.63, 3.8) is 0 Å². The summed E-state index contributed by atoms with van der Waals surface area (Å²) in [4.78, 5) is 25.6. The molecule has 0 spiro atoms. The molecule has 0 saturated carbocycles. The number of nitrogens with one attached hydrogen (secondary N) is 1. The van der Waals surface area contributed by atoms with Crippen LogP contribution in [0.15, 0.2) is 36.4 Å². The lowest BCUT2D eigenvalue weighted by atomic mass is 10.1. The number of rotatable bonds is 7. The van der Waals surface area contributed by atoms with Crippen LogP contribution in [0.4, 0.5) is 0 Å². The van der Waals surface area contributed by atoms with E-state index >= 15 is 0 Å². The van der Waals surface area contributed by atoms with Crippen molar-refractivity contribution >= 4 is 23.0 Å². The van der Waals surface area contributed by atoms with Gasteiger partial charge in [-0.2, -0.15) is 0 Å². The molecule has 1 aromatic carbocycles. The van der Waals surface area contributed by atoms with Gasteiger partial charge in [-0.05, 0) is 43.5 Å². The number of amides is 1. The lowest BCUT2D eigenvalue weighted by Crippen LogP contribution is -2.26. The first-order valence-corrected chi connectivity index (χ1v) is 8.29. The summed E-state index contributed by atoms with van der Waals surface area (Å²) in [7, 11) is 0. The molecule has 0 aliphatic rings. The van der Waals surface area contributed by atoms with Crippen molar-refractivity contribution < 1.29 is 9.59 Å². The maximum Gasteiger partial charge on any atom is 0.220 e. The first kappa shape index (κ1) is 16.4. The molecule has 2 rings (SSSR count). The van der Waals surface area contributed by atoms with E-state index in [1.807, 2.05) is 31.2 Å². The molecule has 116 valence electrons. The van der Waals surface area contributed by atoms with E-state index in [0.717, 1.165) is 16.2 Å². The average Bonchev–Trinajstić information content (AvgIpc) is 2.93. The van der Waals surface area contributed by atoms with Crippen molar-refractivity contribution in [2.45, 2.75) is 33.1 Å². The molecule has 0 radical (unpaired) electrons. The second kappa shape index (κ2) is 7.90. The molecule has 1 N–H and O–H groups in total. The Balaban J connectivity index is 1.70. The van der Waals surface area contributed by atoms with Crippen LogP contribution in [0, 0.1) is 13.8 Å². The fraction of sp³-hybridized carbons (Fsp3) is 0.333. The van der Waals surface area contributed by atoms with Crippen molar-refractivity contribution in [2.24, 2.45) is 0 Å². The van der Waals surface area contributed by atoms with Gasteiger partial charge in [-0.3, -0.25) is 9.59 Å². The van der Waals surface area contributed by atoms with Gasteiger partial charge in [-0.1, -0.05) is 24.3 Å². The predicted octanol–water partition coefficient (Wildman–Crippen LogP) is 3.69. The smallest absolute Gasteiger partial charge is 0.220 e. The number of Topliss-reactive ketones (excluding diaryl/α,β-unsaturated/α-hetero) is 1. The Morgan fingerprint density at radius 3 is 2.50 bits per heavy atom. The van der Waals surface area contributed by atoms with Crippen LogP contribution in [0.3, 0.4) is 0 Å². The van der Waals surface area contributed by atoms with Gasteiger partial charge in [0.2, 0.25) is 5.91 Å². The summed E-state index contributed by atoms with van der Waals surface area (Å²) >= 11 is 1.48. The predicted molar refractivity (Wildman–Crippen MR) is 90.5 cm³/mol. The van der Waals surface area contributed by atoms with Crippen molar-refractivity contribution in [3.8, 4) is 0 Å². The van der Waals surface area contributed by atoms with Gasteiger partial charge in [0.15, 0.2) is 5.78 Å². The van der Waals surface area contributed by atoms with E-state index in [2.05, 4.69) is 24.4 Å². The minimum atomic E-state index is -0.0600. The maximum absolute atomic E-state index is 11.9. The Kier molecular flexibility index (Phi) is 5.90. The molecule has 0 bridgehead atoms. The summed E-state index contributed by atoms with van der Waals surface area (Å²) in [5.41, 5.74) is 2.48. The topological polar surface area (TPSA) is 46.2 Å². The van der Waals surface area contributed by atoms with Crippen LogP contribution in [-0.2, 0) is 11.2 Å². The molecule has 0 saturated heterocycles. The Labute approximate surface area is 135 Å². The molecule has 1 aromatic heterocycles. The van der Waals surface area contributed by atoms with Crippen molar-refractivity contribution in [1.29, 1.82) is 0 Å². The van der Waals surface area contributed by atoms with Crippen LogP contribution in [0.1, 0.15) is 38.5 Å². The van der Waals surface area contributed by atoms with E-state index in [1.165, 1.54) is 22.5 Å². The molecule has 1 heterocycles. The standard InChI is InChI=1S/C18H21NO2S/c1-13-5-3-4-6-15(13)11-12-19-18(21)10-8-16(20)17-9-7-14(2)22-17/h3-7,9H,8,10-12H2,1-2H3,(H,19,21). The summed E-state index contributed by atoms with van der Waals surface area (Å²) in [5, 5.41) is 2.88. The largest absolute Gasteiger partial charge is 0.356 e. The molecule has 0 fully saturated rings. The van der Waals surface area contributed by atoms with Crippen LogP contribution >= 0.6 is 11.3 Å². The quantitative estimate of drug-likeness (QED) is 0.792. The number of aryl methyl sites for hydroxylation is 2. The summed E-state index contributed by atoms with van der Waals surface area (Å²) in [6.45, 7) is 4.65. The van der Waals surface area contributed by atoms with Crippen LogP contribution < -0.4 is 5.32 Å². The van der Waals surface area contributed by atoms with E-state index in [1.54, 1.807) is 0 Å². The zero-order valence-corrected chi connectivity index (χ0v) is 13.8. The van der Waals surface area contributed by atoms with Gasteiger partial charge < -0.3 is 5.32 Å². The summed E-state index contributed by atoms with van der Waals surface area (Å²) in [6, 6.07) is 11.9. The first-order valence-electron chi connectivity index (χ1n) is 7.47. The number of hydrogen-bond donors (Lipinski definition) is 1. The highest BCUT2D eigenvalue weighted by Crippen LogP contribution is 2.17. The number of thiophene rings is 1. The van der Waals surface area contributed by atoms with Gasteiger partial charge in [-0.15, -0.1) is 11.3 Å². The molecule has 1 amide bonds. The fourth-order valence-electron chi connectivity index (χ4n) is 2.25. The molecule has 0 aliphatic carbocycles. The third-order valence-electron chi connectivity index (χ3n) is 3.57. The summed E-state index contributed by atoms with van der Waals surface area (Å²) in [6.07, 6.45) is 1.34. The Morgan fingerprint density at radius 2 is 1.82 bits per heavy atom. The van der Waals surface area contributed by atoms with E-state index in [0.29, 0.717) is 6.54 Å². The van der Waals surface area contributed by atoms with Crippen molar-refractivity contribution in [2.75, 3.05) is 6.54 Å². The van der Waals surface area contributed by atoms with Gasteiger partial charge >= 0.3 is 0 Å². The third kappa shape index (κ3) is 4.81. The zero-order valence-electron chi connectivity index (χ0n) is 13.0. The van der Waals surface area contributed by atoms with E-state index < -0.39 is 0 Å². The van der Waals surface area contributed by atoms with Gasteiger partial charge in [-0.25, -0.2) is 0 Å². The number of hydrogen-bond acceptors (Lipinski definition) is 3. The van der Waals surface area contributed by atoms with Crippen LogP contribution in [0.2, 0.25) is 0 Å². The van der Waals surface area contributed by atoms with Gasteiger partial charge in [0.05, 0.1) is 4.88 Å². The third-order valence-corrected chi connectivity index (χ3v) is 4.61.